The maximum absolute atomic E-state index is 13.2. The highest BCUT2D eigenvalue weighted by Gasteiger charge is 2.29. The zero-order valence-electron chi connectivity index (χ0n) is 14.3. The number of ketones is 1. The van der Waals surface area contributed by atoms with Gasteiger partial charge in [0.15, 0.2) is 24.0 Å². The number of rotatable bonds is 5. The molecule has 0 atom stereocenters. The van der Waals surface area contributed by atoms with Crippen LogP contribution < -0.4 is 0 Å². The number of carbonyl (C=O) groups is 3. The molecule has 3 rings (SSSR count). The van der Waals surface area contributed by atoms with Gasteiger partial charge >= 0.3 is 5.97 Å². The van der Waals surface area contributed by atoms with Gasteiger partial charge in [-0.15, -0.1) is 11.3 Å². The van der Waals surface area contributed by atoms with Gasteiger partial charge in [0.1, 0.15) is 0 Å². The van der Waals surface area contributed by atoms with Crippen LogP contribution in [0.15, 0.2) is 35.7 Å². The van der Waals surface area contributed by atoms with Gasteiger partial charge in [0.2, 0.25) is 0 Å². The largest absolute Gasteiger partial charge is 0.457 e. The molecule has 1 aromatic heterocycles. The molecule has 0 bridgehead atoms. The third-order valence-corrected chi connectivity index (χ3v) is 5.29. The van der Waals surface area contributed by atoms with Crippen molar-refractivity contribution in [2.75, 3.05) is 19.7 Å². The second-order valence-electron chi connectivity index (χ2n) is 6.20. The molecule has 0 saturated carbocycles. The summed E-state index contributed by atoms with van der Waals surface area (Å²) < 4.78 is 31.1. The summed E-state index contributed by atoms with van der Waals surface area (Å²) in [5, 5.41) is 1.83. The molecule has 142 valence electrons. The number of piperidine rings is 1. The van der Waals surface area contributed by atoms with Crippen LogP contribution in [0.1, 0.15) is 32.9 Å². The minimum Gasteiger partial charge on any atom is -0.457 e. The molecule has 0 N–H and O–H groups in total. The van der Waals surface area contributed by atoms with Crippen LogP contribution >= 0.6 is 11.3 Å². The lowest BCUT2D eigenvalue weighted by molar-refractivity contribution is -0.148. The van der Waals surface area contributed by atoms with E-state index in [-0.39, 0.29) is 11.5 Å². The van der Waals surface area contributed by atoms with Crippen molar-refractivity contribution < 1.29 is 27.9 Å². The minimum absolute atomic E-state index is 0.0506. The number of thiophene rings is 1. The van der Waals surface area contributed by atoms with Crippen LogP contribution in [0.4, 0.5) is 8.78 Å². The van der Waals surface area contributed by atoms with E-state index in [1.807, 2.05) is 11.4 Å². The topological polar surface area (TPSA) is 63.7 Å². The van der Waals surface area contributed by atoms with Gasteiger partial charge in [-0.2, -0.15) is 0 Å². The maximum Gasteiger partial charge on any atom is 0.309 e. The SMILES string of the molecule is O=C(COC(=O)C1CCN(C(=O)c2cccs2)CC1)c1ccc(F)c(F)c1. The molecule has 8 heteroatoms. The summed E-state index contributed by atoms with van der Waals surface area (Å²) in [4.78, 5) is 38.7. The Morgan fingerprint density at radius 3 is 2.48 bits per heavy atom. The third kappa shape index (κ3) is 4.57. The number of likely N-dealkylation sites (tertiary alicyclic amines) is 1. The Balaban J connectivity index is 1.47. The number of Topliss-reactive ketones (excluding diaryl/α,β-unsaturated/α-hetero) is 1. The number of hydrogen-bond acceptors (Lipinski definition) is 5. The zero-order chi connectivity index (χ0) is 19.4. The van der Waals surface area contributed by atoms with Gasteiger partial charge in [-0.1, -0.05) is 6.07 Å². The predicted molar refractivity (Wildman–Crippen MR) is 94.6 cm³/mol. The van der Waals surface area contributed by atoms with Crippen LogP contribution in [0.5, 0.6) is 0 Å². The van der Waals surface area contributed by atoms with Gasteiger partial charge < -0.3 is 9.64 Å². The fraction of sp³-hybridized carbons (Fsp3) is 0.316. The predicted octanol–water partition coefficient (Wildman–Crippen LogP) is 3.30. The van der Waals surface area contributed by atoms with Crippen LogP contribution in [0, 0.1) is 17.6 Å². The number of hydrogen-bond donors (Lipinski definition) is 0. The first-order chi connectivity index (χ1) is 13.0. The lowest BCUT2D eigenvalue weighted by atomic mass is 9.97. The minimum atomic E-state index is -1.13. The van der Waals surface area contributed by atoms with E-state index in [4.69, 9.17) is 4.74 Å². The summed E-state index contributed by atoms with van der Waals surface area (Å²) in [6.45, 7) is 0.347. The second kappa shape index (κ2) is 8.39. The summed E-state index contributed by atoms with van der Waals surface area (Å²) in [6, 6.07) is 6.34. The van der Waals surface area contributed by atoms with Crippen molar-refractivity contribution in [2.45, 2.75) is 12.8 Å². The summed E-state index contributed by atoms with van der Waals surface area (Å²) in [5.74, 6) is -3.75. The Kier molecular flexibility index (Phi) is 5.95. The zero-order valence-corrected chi connectivity index (χ0v) is 15.1. The number of benzene rings is 1. The van der Waals surface area contributed by atoms with Crippen molar-refractivity contribution in [3.8, 4) is 0 Å². The van der Waals surface area contributed by atoms with Crippen LogP contribution in [-0.4, -0.2) is 42.3 Å². The molecular formula is C19H17F2NO4S. The number of nitrogens with zero attached hydrogens (tertiary/aromatic N) is 1. The fourth-order valence-corrected chi connectivity index (χ4v) is 3.57. The van der Waals surface area contributed by atoms with Crippen molar-refractivity contribution in [1.82, 2.24) is 4.90 Å². The molecule has 1 aliphatic rings. The van der Waals surface area contributed by atoms with Crippen molar-refractivity contribution in [3.63, 3.8) is 0 Å². The molecule has 2 heterocycles. The van der Waals surface area contributed by atoms with Crippen LogP contribution in [0.25, 0.3) is 0 Å². The molecule has 0 unspecified atom stereocenters. The van der Waals surface area contributed by atoms with Gasteiger partial charge in [0, 0.05) is 18.7 Å². The van der Waals surface area contributed by atoms with E-state index in [2.05, 4.69) is 0 Å². The van der Waals surface area contributed by atoms with Crippen molar-refractivity contribution >= 4 is 29.0 Å². The molecule has 0 aliphatic carbocycles. The molecule has 1 fully saturated rings. The molecule has 5 nitrogen and oxygen atoms in total. The van der Waals surface area contributed by atoms with E-state index in [9.17, 15) is 23.2 Å². The average molecular weight is 393 g/mol. The standard InChI is InChI=1S/C19H17F2NO4S/c20-14-4-3-13(10-15(14)21)16(23)11-26-19(25)12-5-7-22(8-6-12)18(24)17-2-1-9-27-17/h1-4,9-10,12H,5-8,11H2. The van der Waals surface area contributed by atoms with Gasteiger partial charge in [-0.25, -0.2) is 8.78 Å². The number of carbonyl (C=O) groups excluding carboxylic acids is 3. The van der Waals surface area contributed by atoms with E-state index in [0.29, 0.717) is 30.8 Å². The van der Waals surface area contributed by atoms with Gasteiger partial charge in [0.25, 0.3) is 5.91 Å². The monoisotopic (exact) mass is 393 g/mol. The highest BCUT2D eigenvalue weighted by atomic mass is 32.1. The maximum atomic E-state index is 13.2. The molecule has 0 radical (unpaired) electrons. The van der Waals surface area contributed by atoms with E-state index < -0.39 is 35.9 Å². The number of amides is 1. The van der Waals surface area contributed by atoms with Crippen LogP contribution in [-0.2, 0) is 9.53 Å². The normalized spacial score (nSPS) is 14.8. The molecule has 1 amide bonds. The molecule has 2 aromatic rings. The lowest BCUT2D eigenvalue weighted by Crippen LogP contribution is -2.40. The molecule has 0 spiro atoms. The number of ether oxygens (including phenoxy) is 1. The van der Waals surface area contributed by atoms with Gasteiger partial charge in [-0.05, 0) is 42.5 Å². The molecule has 1 saturated heterocycles. The Morgan fingerprint density at radius 2 is 1.85 bits per heavy atom. The molecule has 27 heavy (non-hydrogen) atoms. The van der Waals surface area contributed by atoms with E-state index in [1.165, 1.54) is 11.3 Å². The first-order valence-electron chi connectivity index (χ1n) is 8.43. The first-order valence-corrected chi connectivity index (χ1v) is 9.31. The number of esters is 1. The van der Waals surface area contributed by atoms with Crippen molar-refractivity contribution in [3.05, 3.63) is 57.8 Å². The van der Waals surface area contributed by atoms with Crippen molar-refractivity contribution in [1.29, 1.82) is 0 Å². The second-order valence-corrected chi connectivity index (χ2v) is 7.15. The lowest BCUT2D eigenvalue weighted by Gasteiger charge is -2.30. The van der Waals surface area contributed by atoms with Crippen LogP contribution in [0.3, 0.4) is 0 Å². The third-order valence-electron chi connectivity index (χ3n) is 4.43. The molecule has 1 aliphatic heterocycles. The summed E-state index contributed by atoms with van der Waals surface area (Å²) in [5.41, 5.74) is -0.0573. The fourth-order valence-electron chi connectivity index (χ4n) is 2.88. The summed E-state index contributed by atoms with van der Waals surface area (Å²) >= 11 is 1.37. The van der Waals surface area contributed by atoms with E-state index in [1.54, 1.807) is 11.0 Å². The van der Waals surface area contributed by atoms with Crippen molar-refractivity contribution in [2.24, 2.45) is 5.92 Å². The van der Waals surface area contributed by atoms with E-state index in [0.717, 1.165) is 18.2 Å². The van der Waals surface area contributed by atoms with Gasteiger partial charge in [-0.3, -0.25) is 14.4 Å². The summed E-state index contributed by atoms with van der Waals surface area (Å²) in [6.07, 6.45) is 0.907. The van der Waals surface area contributed by atoms with E-state index >= 15 is 0 Å². The Hall–Kier alpha value is -2.61. The highest BCUT2D eigenvalue weighted by molar-refractivity contribution is 7.12. The highest BCUT2D eigenvalue weighted by Crippen LogP contribution is 2.22. The number of halogens is 2. The quantitative estimate of drug-likeness (QED) is 0.578. The van der Waals surface area contributed by atoms with Crippen LogP contribution in [0.2, 0.25) is 0 Å². The average Bonchev–Trinajstić information content (AvgIpc) is 3.22. The Morgan fingerprint density at radius 1 is 1.11 bits per heavy atom. The molecule has 1 aromatic carbocycles. The molecular weight excluding hydrogens is 376 g/mol. The smallest absolute Gasteiger partial charge is 0.309 e. The Bertz CT molecular complexity index is 845. The van der Waals surface area contributed by atoms with Gasteiger partial charge in [0.05, 0.1) is 10.8 Å². The summed E-state index contributed by atoms with van der Waals surface area (Å²) in [7, 11) is 0. The first kappa shape index (κ1) is 19.2. The Labute approximate surface area is 158 Å².